The van der Waals surface area contributed by atoms with E-state index in [1.54, 1.807) is 48.5 Å². The Labute approximate surface area is 258 Å². The van der Waals surface area contributed by atoms with Gasteiger partial charge in [0.15, 0.2) is 5.13 Å². The van der Waals surface area contributed by atoms with Crippen molar-refractivity contribution in [3.63, 3.8) is 0 Å². The molecule has 1 aliphatic heterocycles. The fraction of sp³-hybridized carbons (Fsp3) is 0.171. The monoisotopic (exact) mass is 606 g/mol. The van der Waals surface area contributed by atoms with E-state index in [4.69, 9.17) is 19.2 Å². The van der Waals surface area contributed by atoms with Crippen LogP contribution >= 0.6 is 11.3 Å². The van der Waals surface area contributed by atoms with E-state index in [-0.39, 0.29) is 11.3 Å². The number of rotatable bonds is 10. The number of thiazole rings is 1. The first-order valence-electron chi connectivity index (χ1n) is 14.4. The number of ketones is 1. The molecule has 1 atom stereocenters. The Hall–Kier alpha value is -5.15. The number of fused-ring (bicyclic) bond motifs is 1. The minimum absolute atomic E-state index is 0.0386. The van der Waals surface area contributed by atoms with Gasteiger partial charge in [0.05, 0.1) is 35.0 Å². The van der Waals surface area contributed by atoms with Gasteiger partial charge in [0.1, 0.15) is 28.8 Å². The van der Waals surface area contributed by atoms with Crippen molar-refractivity contribution in [3.8, 4) is 23.0 Å². The number of aromatic nitrogens is 1. The zero-order valence-electron chi connectivity index (χ0n) is 24.2. The second-order valence-electron chi connectivity index (χ2n) is 10.1. The van der Waals surface area contributed by atoms with Gasteiger partial charge in [0.25, 0.3) is 5.78 Å². The highest BCUT2D eigenvalue weighted by molar-refractivity contribution is 7.22. The molecule has 0 radical (unpaired) electrons. The Morgan fingerprint density at radius 3 is 2.34 bits per heavy atom. The van der Waals surface area contributed by atoms with Gasteiger partial charge < -0.3 is 19.3 Å². The number of carbonyl (C=O) groups excluding carboxylic acids is 2. The topological polar surface area (TPSA) is 98.2 Å². The van der Waals surface area contributed by atoms with E-state index in [1.807, 2.05) is 62.4 Å². The number of carbonyl (C=O) groups is 2. The van der Waals surface area contributed by atoms with Gasteiger partial charge in [-0.05, 0) is 85.6 Å². The number of nitrogens with zero attached hydrogens (tertiary/aromatic N) is 2. The Kier molecular flexibility index (Phi) is 8.29. The fourth-order valence-electron chi connectivity index (χ4n) is 5.05. The summed E-state index contributed by atoms with van der Waals surface area (Å²) in [6.45, 7) is 5.00. The van der Waals surface area contributed by atoms with Gasteiger partial charge in [0.2, 0.25) is 0 Å². The van der Waals surface area contributed by atoms with Crippen molar-refractivity contribution < 1.29 is 28.9 Å². The molecule has 9 heteroatoms. The van der Waals surface area contributed by atoms with Crippen molar-refractivity contribution in [3.05, 3.63) is 114 Å². The molecule has 2 heterocycles. The summed E-state index contributed by atoms with van der Waals surface area (Å²) in [4.78, 5) is 33.5. The quantitative estimate of drug-likeness (QED) is 0.0980. The number of ether oxygens (including phenoxy) is 3. The Morgan fingerprint density at radius 2 is 1.59 bits per heavy atom. The van der Waals surface area contributed by atoms with Gasteiger partial charge in [0, 0.05) is 5.56 Å². The van der Waals surface area contributed by atoms with E-state index >= 15 is 0 Å². The number of para-hydroxylation sites is 1. The van der Waals surface area contributed by atoms with Crippen LogP contribution in [0, 0.1) is 0 Å². The molecule has 0 aliphatic carbocycles. The van der Waals surface area contributed by atoms with E-state index in [1.165, 1.54) is 16.2 Å². The largest absolute Gasteiger partial charge is 0.507 e. The van der Waals surface area contributed by atoms with Gasteiger partial charge in [-0.3, -0.25) is 14.5 Å². The molecule has 1 saturated heterocycles. The SMILES string of the molecule is CCCOc1ccc(/C(O)=C2\C(=O)C(=O)N(c3nc4ccc(OCC)cc4s3)C2c2cccc(Oc3ccccc3)c2)cc1. The van der Waals surface area contributed by atoms with Crippen LogP contribution in [0.3, 0.4) is 0 Å². The molecule has 0 saturated carbocycles. The molecule has 4 aromatic carbocycles. The van der Waals surface area contributed by atoms with E-state index in [9.17, 15) is 14.7 Å². The summed E-state index contributed by atoms with van der Waals surface area (Å²) in [5.41, 5.74) is 1.59. The Balaban J connectivity index is 1.47. The standard InChI is InChI=1S/C35H30N2O6S/c1-3-19-42-24-15-13-22(14-16-24)32(38)30-31(23-9-8-12-27(20-23)43-25-10-6-5-7-11-25)37(34(40)33(30)39)35-36-28-18-17-26(41-4-2)21-29(28)44-35/h5-18,20-21,31,38H,3-4,19H2,1-2H3/b32-30+. The molecular weight excluding hydrogens is 576 g/mol. The third-order valence-corrected chi connectivity index (χ3v) is 8.08. The van der Waals surface area contributed by atoms with E-state index in [0.29, 0.717) is 58.0 Å². The highest BCUT2D eigenvalue weighted by atomic mass is 32.1. The van der Waals surface area contributed by atoms with Gasteiger partial charge in [-0.15, -0.1) is 0 Å². The molecule has 0 bridgehead atoms. The first kappa shape index (κ1) is 28.9. The van der Waals surface area contributed by atoms with Crippen molar-refractivity contribution in [1.29, 1.82) is 0 Å². The van der Waals surface area contributed by atoms with Crippen LogP contribution < -0.4 is 19.1 Å². The lowest BCUT2D eigenvalue weighted by Gasteiger charge is -2.23. The second-order valence-corrected chi connectivity index (χ2v) is 11.1. The van der Waals surface area contributed by atoms with Crippen LogP contribution in [0.2, 0.25) is 0 Å². The minimum Gasteiger partial charge on any atom is -0.507 e. The van der Waals surface area contributed by atoms with Gasteiger partial charge in [-0.1, -0.05) is 48.6 Å². The summed E-state index contributed by atoms with van der Waals surface area (Å²) in [7, 11) is 0. The Morgan fingerprint density at radius 1 is 0.841 bits per heavy atom. The molecule has 1 N–H and O–H groups in total. The summed E-state index contributed by atoms with van der Waals surface area (Å²) in [5, 5.41) is 11.9. The number of amides is 1. The number of benzene rings is 4. The first-order chi connectivity index (χ1) is 21.5. The van der Waals surface area contributed by atoms with Gasteiger partial charge in [-0.2, -0.15) is 0 Å². The van der Waals surface area contributed by atoms with Crippen LogP contribution in [0.15, 0.2) is 103 Å². The average molecular weight is 607 g/mol. The zero-order chi connectivity index (χ0) is 30.6. The van der Waals surface area contributed by atoms with Crippen LogP contribution in [-0.2, 0) is 9.59 Å². The molecule has 1 amide bonds. The zero-order valence-corrected chi connectivity index (χ0v) is 25.0. The summed E-state index contributed by atoms with van der Waals surface area (Å²) >= 11 is 1.27. The second kappa shape index (κ2) is 12.6. The third-order valence-electron chi connectivity index (χ3n) is 7.06. The molecule has 44 heavy (non-hydrogen) atoms. The molecule has 5 aromatic rings. The fourth-order valence-corrected chi connectivity index (χ4v) is 6.08. The summed E-state index contributed by atoms with van der Waals surface area (Å²) in [6.07, 6.45) is 0.858. The predicted molar refractivity (Wildman–Crippen MR) is 171 cm³/mol. The van der Waals surface area contributed by atoms with Crippen LogP contribution in [0.4, 0.5) is 5.13 Å². The van der Waals surface area contributed by atoms with Gasteiger partial charge >= 0.3 is 5.91 Å². The Bertz CT molecular complexity index is 1850. The van der Waals surface area contributed by atoms with E-state index in [0.717, 1.165) is 11.1 Å². The lowest BCUT2D eigenvalue weighted by molar-refractivity contribution is -0.132. The van der Waals surface area contributed by atoms with Crippen molar-refractivity contribution in [1.82, 2.24) is 4.98 Å². The van der Waals surface area contributed by atoms with Crippen LogP contribution in [0.25, 0.3) is 16.0 Å². The predicted octanol–water partition coefficient (Wildman–Crippen LogP) is 7.90. The van der Waals surface area contributed by atoms with Crippen molar-refractivity contribution in [2.45, 2.75) is 26.3 Å². The maximum absolute atomic E-state index is 13.8. The van der Waals surface area contributed by atoms with E-state index in [2.05, 4.69) is 0 Å². The number of anilines is 1. The summed E-state index contributed by atoms with van der Waals surface area (Å²) in [5.74, 6) is 0.619. The smallest absolute Gasteiger partial charge is 0.301 e. The lowest BCUT2D eigenvalue weighted by Crippen LogP contribution is -2.29. The van der Waals surface area contributed by atoms with Crippen molar-refractivity contribution >= 4 is 44.1 Å². The normalized spacial score (nSPS) is 16.0. The molecule has 0 spiro atoms. The number of aliphatic hydroxyl groups excluding tert-OH is 1. The molecule has 6 rings (SSSR count). The first-order valence-corrected chi connectivity index (χ1v) is 15.2. The van der Waals surface area contributed by atoms with E-state index < -0.39 is 17.7 Å². The molecule has 1 aromatic heterocycles. The third kappa shape index (κ3) is 5.74. The summed E-state index contributed by atoms with van der Waals surface area (Å²) < 4.78 is 18.2. The number of Topliss-reactive ketones (excluding diaryl/α,β-unsaturated/α-hetero) is 1. The molecule has 8 nitrogen and oxygen atoms in total. The lowest BCUT2D eigenvalue weighted by atomic mass is 9.95. The highest BCUT2D eigenvalue weighted by Gasteiger charge is 2.48. The van der Waals surface area contributed by atoms with Gasteiger partial charge in [-0.25, -0.2) is 4.98 Å². The number of aliphatic hydroxyl groups is 1. The molecule has 1 aliphatic rings. The van der Waals surface area contributed by atoms with Crippen LogP contribution in [0.1, 0.15) is 37.4 Å². The maximum Gasteiger partial charge on any atom is 0.301 e. The maximum atomic E-state index is 13.8. The minimum atomic E-state index is -0.961. The van der Waals surface area contributed by atoms with Crippen molar-refractivity contribution in [2.75, 3.05) is 18.1 Å². The van der Waals surface area contributed by atoms with Crippen LogP contribution in [-0.4, -0.2) is 35.0 Å². The average Bonchev–Trinajstić information content (AvgIpc) is 3.58. The molecule has 222 valence electrons. The highest BCUT2D eigenvalue weighted by Crippen LogP contribution is 2.45. The number of hydrogen-bond donors (Lipinski definition) is 1. The molecular formula is C35H30N2O6S. The van der Waals surface area contributed by atoms with Crippen LogP contribution in [0.5, 0.6) is 23.0 Å². The molecule has 1 fully saturated rings. The van der Waals surface area contributed by atoms with Crippen molar-refractivity contribution in [2.24, 2.45) is 0 Å². The summed E-state index contributed by atoms with van der Waals surface area (Å²) in [6, 6.07) is 27.8. The number of hydrogen-bond acceptors (Lipinski definition) is 8. The molecule has 1 unspecified atom stereocenters.